The number of hydrogen-bond acceptors (Lipinski definition) is 19. The van der Waals surface area contributed by atoms with Gasteiger partial charge in [-0.05, 0) is 85.4 Å². The minimum atomic E-state index is -5.20. The van der Waals surface area contributed by atoms with Crippen molar-refractivity contribution in [2.45, 2.75) is 310 Å². The van der Waals surface area contributed by atoms with Crippen LogP contribution in [0.1, 0.15) is 290 Å². The number of thiocarbonyl (C=S) groups is 1. The Bertz CT molecular complexity index is 2570. The fraction of sp³-hybridized carbons (Fsp3) is 0.724. The second kappa shape index (κ2) is 63.9. The summed E-state index contributed by atoms with van der Waals surface area (Å²) in [6, 6.07) is 22.3. The maximum atomic E-state index is 12.8. The van der Waals surface area contributed by atoms with E-state index in [1.807, 2.05) is 54.4 Å². The Hall–Kier alpha value is -2.33. The molecule has 24 heteroatoms. The Balaban J connectivity index is 0.00000340. The second-order valence-corrected chi connectivity index (χ2v) is 29.1. The van der Waals surface area contributed by atoms with Crippen LogP contribution >= 0.6 is 27.9 Å². The first-order valence-electron chi connectivity index (χ1n) is 37.4. The number of anilines is 1. The van der Waals surface area contributed by atoms with Crippen LogP contribution in [-0.2, 0) is 65.4 Å². The van der Waals surface area contributed by atoms with Crippen LogP contribution in [0.2, 0.25) is 0 Å². The number of rotatable bonds is 60. The van der Waals surface area contributed by atoms with Crippen molar-refractivity contribution >= 4 is 73.4 Å². The molecule has 0 aliphatic heterocycles. The molecule has 0 aromatic heterocycles. The topological polar surface area (TPSA) is 255 Å². The zero-order valence-corrected chi connectivity index (χ0v) is 69.4. The van der Waals surface area contributed by atoms with Crippen molar-refractivity contribution in [3.63, 3.8) is 0 Å². The van der Waals surface area contributed by atoms with Crippen LogP contribution in [0.3, 0.4) is 0 Å². The van der Waals surface area contributed by atoms with Crippen LogP contribution in [0.15, 0.2) is 66.7 Å². The van der Waals surface area contributed by atoms with E-state index in [4.69, 9.17) is 54.0 Å². The van der Waals surface area contributed by atoms with Gasteiger partial charge >= 0.3 is 83.0 Å². The molecule has 0 heterocycles. The van der Waals surface area contributed by atoms with Gasteiger partial charge in [-0.2, -0.15) is 0 Å². The first-order chi connectivity index (χ1) is 47.3. The zero-order chi connectivity index (χ0) is 71.8. The summed E-state index contributed by atoms with van der Waals surface area (Å²) in [7, 11) is -8.48. The molecule has 0 amide bonds. The Kier molecular flexibility index (Phi) is 62.4. The smallest absolute Gasteiger partial charge is 0.756 e. The average molecular weight is 1480 g/mol. The molecule has 1 N–H and O–H groups in total. The molecular weight excluding hydrogens is 1350 g/mol. The number of carbonyl (C=O) groups is 4. The van der Waals surface area contributed by atoms with Crippen molar-refractivity contribution in [3.05, 3.63) is 72.3 Å². The summed E-state index contributed by atoms with van der Waals surface area (Å²) in [4.78, 5) is 78.1. The van der Waals surface area contributed by atoms with E-state index in [1.165, 1.54) is 114 Å². The molecule has 0 aliphatic carbocycles. The van der Waals surface area contributed by atoms with Gasteiger partial charge in [-0.15, -0.1) is 0 Å². The van der Waals surface area contributed by atoms with Crippen LogP contribution in [0.25, 0.3) is 10.8 Å². The maximum absolute atomic E-state index is 12.8. The summed E-state index contributed by atoms with van der Waals surface area (Å²) >= 11 is 5.41. The largest absolute Gasteiger partial charge is 1.00 e. The third-order valence-electron chi connectivity index (χ3n) is 16.7. The minimum absolute atomic E-state index is 0. The van der Waals surface area contributed by atoms with Gasteiger partial charge in [0.05, 0.1) is 26.4 Å². The molecule has 0 radical (unpaired) electrons. The van der Waals surface area contributed by atoms with Crippen molar-refractivity contribution in [1.82, 2.24) is 0 Å². The number of nitrogens with zero attached hydrogens (tertiary/aromatic N) is 1. The number of hydrogen-bond donors (Lipinski definition) is 1. The first kappa shape index (κ1) is 97.7. The normalized spacial score (nSPS) is 13.2. The second-order valence-electron chi connectivity index (χ2n) is 25.9. The fourth-order valence-electron chi connectivity index (χ4n) is 10.7. The van der Waals surface area contributed by atoms with E-state index in [-0.39, 0.29) is 84.8 Å². The number of aliphatic hydroxyl groups is 1. The van der Waals surface area contributed by atoms with Gasteiger partial charge in [0.25, 0.3) is 20.8 Å². The Morgan fingerprint density at radius 1 is 0.430 bits per heavy atom. The summed E-state index contributed by atoms with van der Waals surface area (Å²) in [6.45, 7) is 6.42. The van der Waals surface area contributed by atoms with E-state index < -0.39 is 97.5 Å². The molecule has 3 aromatic rings. The number of unbranched alkanes of at least 4 members (excludes halogenated alkanes) is 32. The predicted octanol–water partition coefficient (Wildman–Crippen LogP) is 12.9. The Labute approximate surface area is 651 Å². The molecule has 0 saturated heterocycles. The van der Waals surface area contributed by atoms with E-state index in [9.17, 15) is 43.2 Å². The summed E-state index contributed by atoms with van der Waals surface area (Å²) < 4.78 is 72.5. The molecule has 0 spiro atoms. The number of phosphoric acid groups is 2. The number of fused-ring (bicyclic) bond motifs is 1. The van der Waals surface area contributed by atoms with Crippen molar-refractivity contribution in [2.24, 2.45) is 0 Å². The van der Waals surface area contributed by atoms with Crippen molar-refractivity contribution in [3.8, 4) is 5.75 Å². The summed E-state index contributed by atoms with van der Waals surface area (Å²) in [5.74, 6) is -1.49. The monoisotopic (exact) mass is 1480 g/mol. The molecule has 4 unspecified atom stereocenters. The van der Waals surface area contributed by atoms with Gasteiger partial charge in [-0.1, -0.05) is 276 Å². The van der Waals surface area contributed by atoms with E-state index in [2.05, 4.69) is 58.9 Å². The quantitative estimate of drug-likeness (QED) is 0.0138. The van der Waals surface area contributed by atoms with Crippen molar-refractivity contribution < 1.29 is 144 Å². The molecule has 0 aliphatic rings. The number of aryl methyl sites for hydroxylation is 1. The van der Waals surface area contributed by atoms with Crippen molar-refractivity contribution in [2.75, 3.05) is 51.6 Å². The van der Waals surface area contributed by atoms with Crippen LogP contribution in [-0.4, -0.2) is 99.2 Å². The molecule has 3 rings (SSSR count). The van der Waals surface area contributed by atoms with Crippen LogP contribution in [0.5, 0.6) is 5.75 Å². The van der Waals surface area contributed by atoms with Crippen molar-refractivity contribution in [1.29, 1.82) is 0 Å². The van der Waals surface area contributed by atoms with Gasteiger partial charge in [-0.25, -0.2) is 0 Å². The number of aliphatic hydroxyl groups excluding tert-OH is 1. The third-order valence-corrected chi connectivity index (χ3v) is 18.9. The molecule has 4 atom stereocenters. The summed E-state index contributed by atoms with van der Waals surface area (Å²) in [6.07, 6.45) is 34.2. The fourth-order valence-corrected chi connectivity index (χ4v) is 12.5. The van der Waals surface area contributed by atoms with Gasteiger partial charge in [0.15, 0.2) is 12.2 Å². The molecule has 19 nitrogen and oxygen atoms in total. The van der Waals surface area contributed by atoms with E-state index in [1.54, 1.807) is 0 Å². The third kappa shape index (κ3) is 54.3. The number of ether oxygens (including phenoxy) is 5. The van der Waals surface area contributed by atoms with Gasteiger partial charge in [0.2, 0.25) is 0 Å². The zero-order valence-electron chi connectivity index (χ0n) is 62.7. The number of esters is 4. The van der Waals surface area contributed by atoms with Gasteiger partial charge in [0, 0.05) is 38.4 Å². The van der Waals surface area contributed by atoms with E-state index in [0.29, 0.717) is 30.9 Å². The van der Waals surface area contributed by atoms with Crippen LogP contribution < -0.4 is 78.5 Å². The molecule has 3 aromatic carbocycles. The van der Waals surface area contributed by atoms with E-state index in [0.717, 1.165) is 120 Å². The average Bonchev–Trinajstić information content (AvgIpc) is 0.864. The summed E-state index contributed by atoms with van der Waals surface area (Å²) in [5, 5.41) is 13.2. The molecule has 0 bridgehead atoms. The number of carbonyl (C=O) groups excluding carboxylic acids is 4. The predicted molar refractivity (Wildman–Crippen MR) is 391 cm³/mol. The summed E-state index contributed by atoms with van der Waals surface area (Å²) in [5.41, 5.74) is 2.21. The molecular formula is C76H125NNa2O18P2S. The Morgan fingerprint density at radius 3 is 1.12 bits per heavy atom. The number of phosphoric ester groups is 2. The van der Waals surface area contributed by atoms with Crippen LogP contribution in [0, 0.1) is 6.92 Å². The Morgan fingerprint density at radius 2 is 0.760 bits per heavy atom. The number of benzene rings is 3. The molecule has 0 fully saturated rings. The molecule has 100 heavy (non-hydrogen) atoms. The molecule has 0 saturated carbocycles. The van der Waals surface area contributed by atoms with Gasteiger partial charge in [0.1, 0.15) is 25.1 Å². The standard InChI is InChI=1S/C57H110O17P2.C19H17NOS.2Na/c1-5-9-13-17-21-25-29-33-37-41-54(59)67-47-52(73-56(61)43-39-35-31-27-23-19-15-11-7-3)49-71-75(63,64)69-45-51(58)46-70-76(65,66)72-50-53(74-57(62)44-40-36-32-28-24-20-16-12-8-4)48-68-55(60)42-38-34-30-26-22-18-14-10-6-2;1-14-6-5-9-17(12-14)20(2)19(22)21-18-11-10-15-7-3-4-8-16(15)13-18;;/h51-53,58H,5-50H2,1-4H3,(H,63,64)(H,65,66);3-13H,1-2H3;;/q;;2*+1/p-2. The van der Waals surface area contributed by atoms with Gasteiger partial charge < -0.3 is 61.6 Å². The molecule has 560 valence electrons. The van der Waals surface area contributed by atoms with Crippen LogP contribution in [0.4, 0.5) is 5.69 Å². The first-order valence-corrected chi connectivity index (χ1v) is 40.7. The van der Waals surface area contributed by atoms with Gasteiger partial charge in [-0.3, -0.25) is 28.3 Å². The minimum Gasteiger partial charge on any atom is -0.756 e. The SMILES string of the molecule is CCCCCCCCCCCC(=O)OCC(COP(=O)([O-])OCC(O)COP(=O)([O-])OCC(COC(=O)CCCCCCCCCCC)OC(=O)CCCCCCCCCCC)OC(=O)CCCCCCCCCCC.Cc1cccc(N(C)C(=S)Oc2ccc3ccccc3c2)c1.[Na+].[Na+]. The maximum Gasteiger partial charge on any atom is 1.00 e. The van der Waals surface area contributed by atoms with E-state index >= 15 is 0 Å².